The number of ether oxygens (including phenoxy) is 1. The van der Waals surface area contributed by atoms with Crippen molar-refractivity contribution in [3.63, 3.8) is 0 Å². The predicted octanol–water partition coefficient (Wildman–Crippen LogP) is 5.79. The van der Waals surface area contributed by atoms with Crippen LogP contribution in [0.4, 0.5) is 0 Å². The maximum Gasteiger partial charge on any atom is 0.256 e. The van der Waals surface area contributed by atoms with E-state index in [1.165, 1.54) is 0 Å². The van der Waals surface area contributed by atoms with Gasteiger partial charge in [-0.25, -0.2) is 4.98 Å². The van der Waals surface area contributed by atoms with E-state index >= 15 is 0 Å². The quantitative estimate of drug-likeness (QED) is 0.449. The number of aromatic nitrogens is 1. The van der Waals surface area contributed by atoms with Gasteiger partial charge in [0.15, 0.2) is 5.75 Å². The van der Waals surface area contributed by atoms with E-state index in [9.17, 15) is 4.79 Å². The Labute approximate surface area is 176 Å². The van der Waals surface area contributed by atoms with Crippen LogP contribution in [0.15, 0.2) is 84.9 Å². The molecule has 1 amide bonds. The summed E-state index contributed by atoms with van der Waals surface area (Å²) >= 11 is 0. The molecule has 0 bridgehead atoms. The van der Waals surface area contributed by atoms with Gasteiger partial charge < -0.3 is 10.1 Å². The topological polar surface area (TPSA) is 51.2 Å². The lowest BCUT2D eigenvalue weighted by molar-refractivity contribution is 0.0934. The summed E-state index contributed by atoms with van der Waals surface area (Å²) in [6.07, 6.45) is 0.784. The van der Waals surface area contributed by atoms with E-state index in [0.717, 1.165) is 28.5 Å². The molecule has 4 aromatic rings. The number of pyridine rings is 1. The molecule has 30 heavy (non-hydrogen) atoms. The fraction of sp³-hybridized carbons (Fsp3) is 0.154. The first-order valence-corrected chi connectivity index (χ1v) is 10.1. The second-order valence-corrected chi connectivity index (χ2v) is 7.10. The lowest BCUT2D eigenvalue weighted by Crippen LogP contribution is -2.29. The molecule has 1 N–H and O–H groups in total. The summed E-state index contributed by atoms with van der Waals surface area (Å²) in [5, 5.41) is 3.97. The van der Waals surface area contributed by atoms with Gasteiger partial charge in [0.2, 0.25) is 0 Å². The highest BCUT2D eigenvalue weighted by Gasteiger charge is 2.24. The molecule has 0 unspecified atom stereocenters. The summed E-state index contributed by atoms with van der Waals surface area (Å²) < 4.78 is 5.76. The van der Waals surface area contributed by atoms with Gasteiger partial charge in [0.25, 0.3) is 5.91 Å². The number of para-hydroxylation sites is 1. The zero-order chi connectivity index (χ0) is 20.9. The Morgan fingerprint density at radius 1 is 0.933 bits per heavy atom. The molecule has 0 radical (unpaired) electrons. The SMILES string of the molecule is CC[C@@H](NC(=O)c1c(OC)c(-c2ccccc2)nc2ccccc12)c1ccccc1. The van der Waals surface area contributed by atoms with E-state index < -0.39 is 0 Å². The monoisotopic (exact) mass is 396 g/mol. The van der Waals surface area contributed by atoms with Gasteiger partial charge in [-0.3, -0.25) is 4.79 Å². The number of fused-ring (bicyclic) bond motifs is 1. The molecule has 0 saturated heterocycles. The van der Waals surface area contributed by atoms with Crippen molar-refractivity contribution >= 4 is 16.8 Å². The third-order valence-corrected chi connectivity index (χ3v) is 5.24. The Hall–Kier alpha value is -3.66. The van der Waals surface area contributed by atoms with E-state index in [4.69, 9.17) is 9.72 Å². The predicted molar refractivity (Wildman–Crippen MR) is 121 cm³/mol. The number of benzene rings is 3. The highest BCUT2D eigenvalue weighted by molar-refractivity contribution is 6.10. The second kappa shape index (κ2) is 8.78. The molecule has 4 rings (SSSR count). The fourth-order valence-corrected chi connectivity index (χ4v) is 3.75. The smallest absolute Gasteiger partial charge is 0.256 e. The van der Waals surface area contributed by atoms with E-state index in [1.54, 1.807) is 7.11 Å². The second-order valence-electron chi connectivity index (χ2n) is 7.10. The maximum atomic E-state index is 13.5. The van der Waals surface area contributed by atoms with Crippen LogP contribution < -0.4 is 10.1 Å². The molecular formula is C26H24N2O2. The van der Waals surface area contributed by atoms with Gasteiger partial charge in [0.1, 0.15) is 5.69 Å². The van der Waals surface area contributed by atoms with Crippen LogP contribution >= 0.6 is 0 Å². The zero-order valence-electron chi connectivity index (χ0n) is 17.1. The Kier molecular flexibility index (Phi) is 5.75. The molecule has 0 aliphatic heterocycles. The standard InChI is InChI=1S/C26H24N2O2/c1-3-21(18-12-6-4-7-13-18)28-26(29)23-20-16-10-11-17-22(20)27-24(25(23)30-2)19-14-8-5-9-15-19/h4-17,21H,3H2,1-2H3,(H,28,29)/t21-/m1/s1. The lowest BCUT2D eigenvalue weighted by atomic mass is 10.00. The zero-order valence-corrected chi connectivity index (χ0v) is 17.1. The van der Waals surface area contributed by atoms with Crippen molar-refractivity contribution < 1.29 is 9.53 Å². The van der Waals surface area contributed by atoms with Crippen molar-refractivity contribution in [3.8, 4) is 17.0 Å². The molecule has 0 spiro atoms. The average molecular weight is 396 g/mol. The number of hydrogen-bond acceptors (Lipinski definition) is 3. The van der Waals surface area contributed by atoms with E-state index in [0.29, 0.717) is 17.0 Å². The fourth-order valence-electron chi connectivity index (χ4n) is 3.75. The number of carbonyl (C=O) groups excluding carboxylic acids is 1. The van der Waals surface area contributed by atoms with E-state index in [-0.39, 0.29) is 11.9 Å². The number of nitrogens with one attached hydrogen (secondary N) is 1. The highest BCUT2D eigenvalue weighted by atomic mass is 16.5. The normalized spacial score (nSPS) is 11.8. The highest BCUT2D eigenvalue weighted by Crippen LogP contribution is 2.36. The minimum Gasteiger partial charge on any atom is -0.494 e. The Bertz CT molecular complexity index is 1160. The van der Waals surface area contributed by atoms with E-state index in [2.05, 4.69) is 12.2 Å². The van der Waals surface area contributed by atoms with Crippen LogP contribution in [0.2, 0.25) is 0 Å². The molecule has 0 aliphatic carbocycles. The minimum absolute atomic E-state index is 0.0875. The van der Waals surface area contributed by atoms with Gasteiger partial charge in [0, 0.05) is 10.9 Å². The Balaban J connectivity index is 1.85. The average Bonchev–Trinajstić information content (AvgIpc) is 2.82. The number of rotatable bonds is 6. The van der Waals surface area contributed by atoms with Crippen molar-refractivity contribution in [2.45, 2.75) is 19.4 Å². The lowest BCUT2D eigenvalue weighted by Gasteiger charge is -2.20. The Morgan fingerprint density at radius 2 is 1.57 bits per heavy atom. The van der Waals surface area contributed by atoms with Crippen LogP contribution in [-0.4, -0.2) is 18.0 Å². The first-order valence-electron chi connectivity index (χ1n) is 10.1. The molecule has 4 nitrogen and oxygen atoms in total. The summed E-state index contributed by atoms with van der Waals surface area (Å²) in [5.41, 5.74) is 3.92. The molecule has 0 saturated carbocycles. The van der Waals surface area contributed by atoms with Gasteiger partial charge in [-0.2, -0.15) is 0 Å². The molecule has 150 valence electrons. The van der Waals surface area contributed by atoms with Crippen LogP contribution in [0.5, 0.6) is 5.75 Å². The molecular weight excluding hydrogens is 372 g/mol. The number of hydrogen-bond donors (Lipinski definition) is 1. The van der Waals surface area contributed by atoms with Crippen molar-refractivity contribution in [3.05, 3.63) is 96.1 Å². The number of carbonyl (C=O) groups is 1. The molecule has 0 fully saturated rings. The molecule has 1 heterocycles. The van der Waals surface area contributed by atoms with Gasteiger partial charge in [0.05, 0.1) is 24.2 Å². The van der Waals surface area contributed by atoms with Gasteiger partial charge >= 0.3 is 0 Å². The largest absolute Gasteiger partial charge is 0.494 e. The molecule has 1 aromatic heterocycles. The summed E-state index contributed by atoms with van der Waals surface area (Å²) in [6.45, 7) is 2.06. The molecule has 0 aliphatic rings. The Morgan fingerprint density at radius 3 is 2.23 bits per heavy atom. The number of amides is 1. The summed E-state index contributed by atoms with van der Waals surface area (Å²) in [5.74, 6) is 0.318. The third kappa shape index (κ3) is 3.77. The first-order chi connectivity index (χ1) is 14.7. The van der Waals surface area contributed by atoms with Crippen molar-refractivity contribution in [1.82, 2.24) is 10.3 Å². The summed E-state index contributed by atoms with van der Waals surface area (Å²) in [4.78, 5) is 18.4. The number of methoxy groups -OCH3 is 1. The van der Waals surface area contributed by atoms with Crippen LogP contribution in [-0.2, 0) is 0 Å². The van der Waals surface area contributed by atoms with Gasteiger partial charge in [-0.1, -0.05) is 85.8 Å². The van der Waals surface area contributed by atoms with Crippen LogP contribution in [0.1, 0.15) is 35.3 Å². The number of nitrogens with zero attached hydrogens (tertiary/aromatic N) is 1. The molecule has 4 heteroatoms. The summed E-state index contributed by atoms with van der Waals surface area (Å²) in [7, 11) is 1.59. The molecule has 3 aromatic carbocycles. The first kappa shape index (κ1) is 19.6. The van der Waals surface area contributed by atoms with Gasteiger partial charge in [-0.05, 0) is 18.1 Å². The van der Waals surface area contributed by atoms with Crippen LogP contribution in [0, 0.1) is 0 Å². The third-order valence-electron chi connectivity index (χ3n) is 5.24. The molecule has 1 atom stereocenters. The van der Waals surface area contributed by atoms with Crippen molar-refractivity contribution in [1.29, 1.82) is 0 Å². The van der Waals surface area contributed by atoms with Crippen LogP contribution in [0.25, 0.3) is 22.2 Å². The minimum atomic E-state index is -0.168. The van der Waals surface area contributed by atoms with E-state index in [1.807, 2.05) is 84.9 Å². The van der Waals surface area contributed by atoms with Crippen LogP contribution in [0.3, 0.4) is 0 Å². The maximum absolute atomic E-state index is 13.5. The van der Waals surface area contributed by atoms with Crippen molar-refractivity contribution in [2.24, 2.45) is 0 Å². The summed E-state index contributed by atoms with van der Waals surface area (Å²) in [6, 6.07) is 27.4. The van der Waals surface area contributed by atoms with Crippen molar-refractivity contribution in [2.75, 3.05) is 7.11 Å². The van der Waals surface area contributed by atoms with Gasteiger partial charge in [-0.15, -0.1) is 0 Å².